The normalized spacial score (nSPS) is 10.4. The minimum atomic E-state index is -0.521. The molecule has 1 heterocycles. The molecule has 1 N–H and O–H groups in total. The Kier molecular flexibility index (Phi) is 4.74. The van der Waals surface area contributed by atoms with Crippen molar-refractivity contribution in [2.24, 2.45) is 0 Å². The predicted molar refractivity (Wildman–Crippen MR) is 85.8 cm³/mol. The molecule has 0 saturated carbocycles. The van der Waals surface area contributed by atoms with Crippen molar-refractivity contribution in [1.82, 2.24) is 5.32 Å². The molecular weight excluding hydrogens is 356 g/mol. The van der Waals surface area contributed by atoms with Gasteiger partial charge in [0.2, 0.25) is 0 Å². The number of benzene rings is 1. The van der Waals surface area contributed by atoms with E-state index >= 15 is 0 Å². The van der Waals surface area contributed by atoms with Crippen molar-refractivity contribution >= 4 is 38.9 Å². The molecule has 7 heteroatoms. The number of carbonyl (C=O) groups excluding carboxylic acids is 1. The van der Waals surface area contributed by atoms with Crippen LogP contribution < -0.4 is 5.32 Å². The third kappa shape index (κ3) is 3.48. The maximum atomic E-state index is 12.1. The number of nitrogens with one attached hydrogen (secondary N) is 1. The Bertz CT molecular complexity index is 693. The second-order valence-electron chi connectivity index (χ2n) is 4.53. The molecule has 0 bridgehead atoms. The fourth-order valence-electron chi connectivity index (χ4n) is 1.84. The minimum absolute atomic E-state index is 0.120. The number of nitro benzene ring substituents is 1. The van der Waals surface area contributed by atoms with E-state index in [9.17, 15) is 14.9 Å². The summed E-state index contributed by atoms with van der Waals surface area (Å²) in [5, 5.41) is 13.6. The summed E-state index contributed by atoms with van der Waals surface area (Å²) in [5.41, 5.74) is 1.33. The number of hydrogen-bond donors (Lipinski definition) is 1. The van der Waals surface area contributed by atoms with E-state index in [0.29, 0.717) is 6.54 Å². The largest absolute Gasteiger partial charge is 0.347 e. The van der Waals surface area contributed by atoms with Crippen molar-refractivity contribution < 1.29 is 9.72 Å². The lowest BCUT2D eigenvalue weighted by atomic mass is 10.2. The van der Waals surface area contributed by atoms with Gasteiger partial charge < -0.3 is 5.32 Å². The standard InChI is InChI=1S/C14H13BrN2O3S/c1-8-6-10(21-9(8)2)7-16-14(18)11-4-3-5-12(13(11)15)17(19)20/h3-6H,7H2,1-2H3,(H,16,18). The van der Waals surface area contributed by atoms with E-state index in [-0.39, 0.29) is 21.6 Å². The van der Waals surface area contributed by atoms with E-state index in [1.54, 1.807) is 17.4 Å². The Morgan fingerprint density at radius 2 is 2.14 bits per heavy atom. The monoisotopic (exact) mass is 368 g/mol. The van der Waals surface area contributed by atoms with Crippen LogP contribution in [-0.4, -0.2) is 10.8 Å². The van der Waals surface area contributed by atoms with Gasteiger partial charge in [-0.25, -0.2) is 0 Å². The molecule has 5 nitrogen and oxygen atoms in total. The Labute approximate surface area is 134 Å². The molecule has 0 aliphatic rings. The number of amides is 1. The quantitative estimate of drug-likeness (QED) is 0.655. The van der Waals surface area contributed by atoms with Crippen LogP contribution in [0.1, 0.15) is 25.7 Å². The number of halogens is 1. The van der Waals surface area contributed by atoms with Gasteiger partial charge >= 0.3 is 0 Å². The summed E-state index contributed by atoms with van der Waals surface area (Å²) in [6.45, 7) is 4.46. The first-order valence-corrected chi connectivity index (χ1v) is 7.78. The summed E-state index contributed by atoms with van der Waals surface area (Å²) in [6, 6.07) is 6.43. The summed E-state index contributed by atoms with van der Waals surface area (Å²) in [4.78, 5) is 24.8. The molecule has 0 saturated heterocycles. The number of nitrogens with zero attached hydrogens (tertiary/aromatic N) is 1. The Balaban J connectivity index is 2.14. The molecular formula is C14H13BrN2O3S. The van der Waals surface area contributed by atoms with Gasteiger partial charge in [-0.05, 0) is 47.5 Å². The van der Waals surface area contributed by atoms with E-state index < -0.39 is 4.92 Å². The van der Waals surface area contributed by atoms with Crippen LogP contribution in [0.2, 0.25) is 0 Å². The lowest BCUT2D eigenvalue weighted by Gasteiger charge is -2.06. The number of hydrogen-bond acceptors (Lipinski definition) is 4. The highest BCUT2D eigenvalue weighted by Crippen LogP contribution is 2.28. The van der Waals surface area contributed by atoms with E-state index in [1.807, 2.05) is 19.9 Å². The van der Waals surface area contributed by atoms with Crippen molar-refractivity contribution in [2.45, 2.75) is 20.4 Å². The summed E-state index contributed by atoms with van der Waals surface area (Å²) < 4.78 is 0.200. The van der Waals surface area contributed by atoms with Gasteiger partial charge in [0.1, 0.15) is 4.47 Å². The summed E-state index contributed by atoms with van der Waals surface area (Å²) >= 11 is 4.75. The summed E-state index contributed by atoms with van der Waals surface area (Å²) in [5.74, 6) is -0.339. The van der Waals surface area contributed by atoms with Crippen molar-refractivity contribution in [3.8, 4) is 0 Å². The van der Waals surface area contributed by atoms with Crippen LogP contribution in [0.3, 0.4) is 0 Å². The zero-order chi connectivity index (χ0) is 15.6. The zero-order valence-corrected chi connectivity index (χ0v) is 13.9. The summed E-state index contributed by atoms with van der Waals surface area (Å²) in [6.07, 6.45) is 0. The third-order valence-electron chi connectivity index (χ3n) is 3.06. The smallest absolute Gasteiger partial charge is 0.284 e. The first-order chi connectivity index (χ1) is 9.90. The fourth-order valence-corrected chi connectivity index (χ4v) is 3.42. The maximum Gasteiger partial charge on any atom is 0.284 e. The maximum absolute atomic E-state index is 12.1. The van der Waals surface area contributed by atoms with Crippen molar-refractivity contribution in [1.29, 1.82) is 0 Å². The number of carbonyl (C=O) groups is 1. The second-order valence-corrected chi connectivity index (χ2v) is 6.66. The molecule has 0 aliphatic carbocycles. The van der Waals surface area contributed by atoms with Crippen LogP contribution in [0, 0.1) is 24.0 Å². The number of thiophene rings is 1. The van der Waals surface area contributed by atoms with E-state index in [2.05, 4.69) is 21.2 Å². The predicted octanol–water partition coefficient (Wildman–Crippen LogP) is 3.97. The molecule has 0 atom stereocenters. The molecule has 1 aromatic heterocycles. The van der Waals surface area contributed by atoms with Crippen molar-refractivity contribution in [2.75, 3.05) is 0 Å². The lowest BCUT2D eigenvalue weighted by molar-refractivity contribution is -0.385. The van der Waals surface area contributed by atoms with Gasteiger partial charge in [-0.15, -0.1) is 11.3 Å². The first kappa shape index (κ1) is 15.7. The molecule has 1 aromatic carbocycles. The molecule has 0 fully saturated rings. The molecule has 2 rings (SSSR count). The van der Waals surface area contributed by atoms with Gasteiger partial charge in [0.05, 0.1) is 17.0 Å². The number of aryl methyl sites for hydroxylation is 2. The van der Waals surface area contributed by atoms with Crippen molar-refractivity contribution in [3.63, 3.8) is 0 Å². The number of rotatable bonds is 4. The molecule has 21 heavy (non-hydrogen) atoms. The highest BCUT2D eigenvalue weighted by atomic mass is 79.9. The molecule has 0 spiro atoms. The SMILES string of the molecule is Cc1cc(CNC(=O)c2cccc([N+](=O)[O-])c2Br)sc1C. The summed E-state index contributed by atoms with van der Waals surface area (Å²) in [7, 11) is 0. The van der Waals surface area contributed by atoms with Crippen LogP contribution in [0.25, 0.3) is 0 Å². The van der Waals surface area contributed by atoms with Crippen LogP contribution >= 0.6 is 27.3 Å². The highest BCUT2D eigenvalue weighted by Gasteiger charge is 2.19. The van der Waals surface area contributed by atoms with E-state index in [4.69, 9.17) is 0 Å². The molecule has 110 valence electrons. The molecule has 0 radical (unpaired) electrons. The second kappa shape index (κ2) is 6.36. The Morgan fingerprint density at radius 1 is 1.43 bits per heavy atom. The lowest BCUT2D eigenvalue weighted by Crippen LogP contribution is -2.22. The van der Waals surface area contributed by atoms with Crippen LogP contribution in [-0.2, 0) is 6.54 Å². The van der Waals surface area contributed by atoms with Gasteiger partial charge in [0, 0.05) is 15.8 Å². The molecule has 2 aromatic rings. The molecule has 1 amide bonds. The van der Waals surface area contributed by atoms with Crippen LogP contribution in [0.15, 0.2) is 28.7 Å². The Hall–Kier alpha value is -1.73. The first-order valence-electron chi connectivity index (χ1n) is 6.17. The topological polar surface area (TPSA) is 72.2 Å². The average molecular weight is 369 g/mol. The van der Waals surface area contributed by atoms with Gasteiger partial charge in [0.15, 0.2) is 0 Å². The van der Waals surface area contributed by atoms with Gasteiger partial charge in [-0.3, -0.25) is 14.9 Å². The fraction of sp³-hybridized carbons (Fsp3) is 0.214. The third-order valence-corrected chi connectivity index (χ3v) is 5.05. The zero-order valence-electron chi connectivity index (χ0n) is 11.5. The molecule has 0 aliphatic heterocycles. The number of nitro groups is 1. The Morgan fingerprint density at radius 3 is 2.71 bits per heavy atom. The van der Waals surface area contributed by atoms with E-state index in [0.717, 1.165) is 4.88 Å². The average Bonchev–Trinajstić information content (AvgIpc) is 2.75. The van der Waals surface area contributed by atoms with Crippen molar-refractivity contribution in [3.05, 3.63) is 59.7 Å². The van der Waals surface area contributed by atoms with Gasteiger partial charge in [-0.1, -0.05) is 6.07 Å². The van der Waals surface area contributed by atoms with Gasteiger partial charge in [0.25, 0.3) is 11.6 Å². The van der Waals surface area contributed by atoms with Gasteiger partial charge in [-0.2, -0.15) is 0 Å². The highest BCUT2D eigenvalue weighted by molar-refractivity contribution is 9.10. The van der Waals surface area contributed by atoms with E-state index in [1.165, 1.54) is 22.6 Å². The molecule has 0 unspecified atom stereocenters. The van der Waals surface area contributed by atoms with Crippen LogP contribution in [0.5, 0.6) is 0 Å². The minimum Gasteiger partial charge on any atom is -0.347 e. The van der Waals surface area contributed by atoms with Crippen LogP contribution in [0.4, 0.5) is 5.69 Å².